The van der Waals surface area contributed by atoms with Crippen LogP contribution in [0.1, 0.15) is 18.4 Å². The summed E-state index contributed by atoms with van der Waals surface area (Å²) in [5, 5.41) is 12.8. The van der Waals surface area contributed by atoms with Crippen molar-refractivity contribution in [2.45, 2.75) is 31.0 Å². The van der Waals surface area contributed by atoms with Crippen molar-refractivity contribution in [1.82, 2.24) is 20.2 Å². The van der Waals surface area contributed by atoms with Gasteiger partial charge in [0.05, 0.1) is 11.8 Å². The third-order valence-corrected chi connectivity index (χ3v) is 4.16. The molecule has 2 heterocycles. The Morgan fingerprint density at radius 2 is 2.42 bits per heavy atom. The molecule has 0 saturated carbocycles. The Bertz CT molecular complexity index is 551. The second kappa shape index (κ2) is 5.71. The number of ether oxygens (including phenoxy) is 1. The first-order chi connectivity index (χ1) is 9.33. The van der Waals surface area contributed by atoms with E-state index in [9.17, 15) is 0 Å². The number of aromatic nitrogens is 4. The summed E-state index contributed by atoms with van der Waals surface area (Å²) in [6.07, 6.45) is 2.64. The fraction of sp³-hybridized carbons (Fsp3) is 0.462. The van der Waals surface area contributed by atoms with Crippen LogP contribution in [0, 0.1) is 6.92 Å². The van der Waals surface area contributed by atoms with Crippen LogP contribution in [-0.4, -0.2) is 38.7 Å². The van der Waals surface area contributed by atoms with Crippen molar-refractivity contribution in [3.05, 3.63) is 29.8 Å². The highest BCUT2D eigenvalue weighted by Crippen LogP contribution is 2.23. The number of hydrogen-bond donors (Lipinski definition) is 0. The van der Waals surface area contributed by atoms with E-state index in [1.54, 1.807) is 16.4 Å². The van der Waals surface area contributed by atoms with Crippen LogP contribution in [0.3, 0.4) is 0 Å². The normalized spacial score (nSPS) is 18.9. The number of nitrogens with zero attached hydrogens (tertiary/aromatic N) is 4. The predicted octanol–water partition coefficient (Wildman–Crippen LogP) is 2.24. The zero-order valence-electron chi connectivity index (χ0n) is 10.8. The molecule has 6 heteroatoms. The SMILES string of the molecule is Cc1cccc(-n2nnnc2SCC2CCCO2)c1. The van der Waals surface area contributed by atoms with Gasteiger partial charge in [-0.05, 0) is 47.9 Å². The van der Waals surface area contributed by atoms with E-state index in [2.05, 4.69) is 34.6 Å². The minimum atomic E-state index is 0.340. The highest BCUT2D eigenvalue weighted by atomic mass is 32.2. The largest absolute Gasteiger partial charge is 0.377 e. The Morgan fingerprint density at radius 1 is 1.47 bits per heavy atom. The van der Waals surface area contributed by atoms with Gasteiger partial charge in [0.1, 0.15) is 0 Å². The molecule has 0 bridgehead atoms. The van der Waals surface area contributed by atoms with Gasteiger partial charge in [-0.3, -0.25) is 0 Å². The third kappa shape index (κ3) is 2.96. The smallest absolute Gasteiger partial charge is 0.214 e. The van der Waals surface area contributed by atoms with Gasteiger partial charge in [-0.25, -0.2) is 0 Å². The van der Waals surface area contributed by atoms with Gasteiger partial charge < -0.3 is 4.74 Å². The van der Waals surface area contributed by atoms with E-state index >= 15 is 0 Å². The fourth-order valence-corrected chi connectivity index (χ4v) is 3.09. The van der Waals surface area contributed by atoms with Crippen molar-refractivity contribution in [1.29, 1.82) is 0 Å². The molecule has 3 rings (SSSR count). The molecule has 1 saturated heterocycles. The van der Waals surface area contributed by atoms with E-state index in [0.29, 0.717) is 6.10 Å². The lowest BCUT2D eigenvalue weighted by Gasteiger charge is -2.08. The van der Waals surface area contributed by atoms with Crippen LogP contribution in [0.15, 0.2) is 29.4 Å². The van der Waals surface area contributed by atoms with E-state index in [1.165, 1.54) is 5.56 Å². The fourth-order valence-electron chi connectivity index (χ4n) is 2.13. The maximum absolute atomic E-state index is 5.62. The Morgan fingerprint density at radius 3 is 3.21 bits per heavy atom. The lowest BCUT2D eigenvalue weighted by atomic mass is 10.2. The molecule has 0 N–H and O–H groups in total. The molecule has 0 spiro atoms. The highest BCUT2D eigenvalue weighted by molar-refractivity contribution is 7.99. The maximum Gasteiger partial charge on any atom is 0.214 e. The van der Waals surface area contributed by atoms with E-state index in [-0.39, 0.29) is 0 Å². The number of benzene rings is 1. The van der Waals surface area contributed by atoms with Crippen LogP contribution >= 0.6 is 11.8 Å². The van der Waals surface area contributed by atoms with E-state index in [4.69, 9.17) is 4.74 Å². The lowest BCUT2D eigenvalue weighted by molar-refractivity contribution is 0.129. The molecular formula is C13H16N4OS. The van der Waals surface area contributed by atoms with Gasteiger partial charge in [0.15, 0.2) is 0 Å². The molecule has 19 heavy (non-hydrogen) atoms. The Hall–Kier alpha value is -1.40. The molecule has 5 nitrogen and oxygen atoms in total. The average Bonchev–Trinajstić information content (AvgIpc) is 3.08. The zero-order valence-corrected chi connectivity index (χ0v) is 11.6. The second-order valence-electron chi connectivity index (χ2n) is 4.66. The van der Waals surface area contributed by atoms with Gasteiger partial charge in [0.25, 0.3) is 0 Å². The van der Waals surface area contributed by atoms with Crippen LogP contribution < -0.4 is 0 Å². The molecule has 0 amide bonds. The topological polar surface area (TPSA) is 52.8 Å². The van der Waals surface area contributed by atoms with Crippen LogP contribution in [0.5, 0.6) is 0 Å². The molecule has 100 valence electrons. The average molecular weight is 276 g/mol. The first kappa shape index (κ1) is 12.6. The maximum atomic E-state index is 5.62. The van der Waals surface area contributed by atoms with Crippen LogP contribution in [-0.2, 0) is 4.74 Å². The molecule has 1 aromatic heterocycles. The molecular weight excluding hydrogens is 260 g/mol. The lowest BCUT2D eigenvalue weighted by Crippen LogP contribution is -2.09. The van der Waals surface area contributed by atoms with Crippen molar-refractivity contribution in [3.63, 3.8) is 0 Å². The van der Waals surface area contributed by atoms with Crippen molar-refractivity contribution in [2.24, 2.45) is 0 Å². The number of aryl methyl sites for hydroxylation is 1. The van der Waals surface area contributed by atoms with Gasteiger partial charge in [0, 0.05) is 12.4 Å². The van der Waals surface area contributed by atoms with Crippen LogP contribution in [0.2, 0.25) is 0 Å². The van der Waals surface area contributed by atoms with Gasteiger partial charge in [-0.1, -0.05) is 23.9 Å². The summed E-state index contributed by atoms with van der Waals surface area (Å²) in [4.78, 5) is 0. The first-order valence-corrected chi connectivity index (χ1v) is 7.41. The molecule has 1 aromatic carbocycles. The van der Waals surface area contributed by atoms with Crippen molar-refractivity contribution in [2.75, 3.05) is 12.4 Å². The predicted molar refractivity (Wildman–Crippen MR) is 73.6 cm³/mol. The summed E-state index contributed by atoms with van der Waals surface area (Å²) in [6, 6.07) is 8.17. The Labute approximate surface area is 116 Å². The third-order valence-electron chi connectivity index (χ3n) is 3.11. The van der Waals surface area contributed by atoms with Gasteiger partial charge in [-0.2, -0.15) is 4.68 Å². The number of hydrogen-bond acceptors (Lipinski definition) is 5. The van der Waals surface area contributed by atoms with Gasteiger partial charge >= 0.3 is 0 Å². The summed E-state index contributed by atoms with van der Waals surface area (Å²) in [5.41, 5.74) is 2.20. The van der Waals surface area contributed by atoms with E-state index < -0.39 is 0 Å². The van der Waals surface area contributed by atoms with Gasteiger partial charge in [0.2, 0.25) is 5.16 Å². The van der Waals surface area contributed by atoms with Crippen LogP contribution in [0.25, 0.3) is 5.69 Å². The Balaban J connectivity index is 1.74. The van der Waals surface area contributed by atoms with Crippen molar-refractivity contribution >= 4 is 11.8 Å². The van der Waals surface area contributed by atoms with Crippen LogP contribution in [0.4, 0.5) is 0 Å². The van der Waals surface area contributed by atoms with Gasteiger partial charge in [-0.15, -0.1) is 5.10 Å². The first-order valence-electron chi connectivity index (χ1n) is 6.43. The molecule has 1 aliphatic rings. The summed E-state index contributed by atoms with van der Waals surface area (Å²) in [6.45, 7) is 2.95. The molecule has 1 fully saturated rings. The monoisotopic (exact) mass is 276 g/mol. The quantitative estimate of drug-likeness (QED) is 0.802. The summed E-state index contributed by atoms with van der Waals surface area (Å²) < 4.78 is 7.40. The van der Waals surface area contributed by atoms with Crippen molar-refractivity contribution < 1.29 is 4.74 Å². The molecule has 2 aromatic rings. The van der Waals surface area contributed by atoms with E-state index in [0.717, 1.165) is 36.0 Å². The second-order valence-corrected chi connectivity index (χ2v) is 5.65. The Kier molecular flexibility index (Phi) is 3.79. The summed E-state index contributed by atoms with van der Waals surface area (Å²) in [5.74, 6) is 0.909. The molecule has 1 aliphatic heterocycles. The molecule has 0 radical (unpaired) electrons. The summed E-state index contributed by atoms with van der Waals surface area (Å²) >= 11 is 1.65. The summed E-state index contributed by atoms with van der Waals surface area (Å²) in [7, 11) is 0. The van der Waals surface area contributed by atoms with E-state index in [1.807, 2.05) is 12.1 Å². The number of tetrazole rings is 1. The molecule has 0 aliphatic carbocycles. The minimum Gasteiger partial charge on any atom is -0.377 e. The standard InChI is InChI=1S/C13H16N4OS/c1-10-4-2-5-11(8-10)17-13(14-15-16-17)19-9-12-6-3-7-18-12/h2,4-5,8,12H,3,6-7,9H2,1H3. The highest BCUT2D eigenvalue weighted by Gasteiger charge is 2.18. The number of rotatable bonds is 4. The number of thioether (sulfide) groups is 1. The molecule has 1 atom stereocenters. The minimum absolute atomic E-state index is 0.340. The molecule has 1 unspecified atom stereocenters. The zero-order chi connectivity index (χ0) is 13.1. The van der Waals surface area contributed by atoms with Crippen molar-refractivity contribution in [3.8, 4) is 5.69 Å².